The summed E-state index contributed by atoms with van der Waals surface area (Å²) in [5, 5.41) is 9.73. The van der Waals surface area contributed by atoms with Gasteiger partial charge in [-0.3, -0.25) is 4.79 Å². The summed E-state index contributed by atoms with van der Waals surface area (Å²) in [6.45, 7) is 4.14. The Hall–Kier alpha value is -1.59. The average Bonchev–Trinajstić information content (AvgIpc) is 2.89. The van der Waals surface area contributed by atoms with Crippen LogP contribution in [-0.2, 0) is 9.47 Å². The Labute approximate surface area is 118 Å². The fourth-order valence-electron chi connectivity index (χ4n) is 2.82. The van der Waals surface area contributed by atoms with Gasteiger partial charge in [0.1, 0.15) is 5.75 Å². The van der Waals surface area contributed by atoms with Crippen molar-refractivity contribution in [2.45, 2.75) is 25.6 Å². The first-order valence-corrected chi connectivity index (χ1v) is 6.96. The van der Waals surface area contributed by atoms with Crippen molar-refractivity contribution in [1.29, 1.82) is 0 Å². The number of rotatable bonds is 1. The van der Waals surface area contributed by atoms with Crippen molar-refractivity contribution in [3.05, 3.63) is 29.3 Å². The summed E-state index contributed by atoms with van der Waals surface area (Å²) in [6, 6.07) is 5.02. The number of carbonyl (C=O) groups excluding carboxylic acids is 1. The number of amides is 1. The maximum absolute atomic E-state index is 12.5. The number of piperidine rings is 1. The third-order valence-electron chi connectivity index (χ3n) is 3.97. The molecule has 1 aromatic rings. The Balaban J connectivity index is 1.77. The van der Waals surface area contributed by atoms with Crippen LogP contribution < -0.4 is 0 Å². The highest BCUT2D eigenvalue weighted by Crippen LogP contribution is 2.31. The van der Waals surface area contributed by atoms with Crippen LogP contribution in [0, 0.1) is 6.92 Å². The molecule has 0 aromatic heterocycles. The molecule has 0 atom stereocenters. The van der Waals surface area contributed by atoms with Crippen LogP contribution >= 0.6 is 0 Å². The number of aryl methyl sites for hydroxylation is 1. The van der Waals surface area contributed by atoms with Gasteiger partial charge in [0.15, 0.2) is 5.79 Å². The molecule has 2 aliphatic rings. The minimum atomic E-state index is -0.610. The molecule has 5 heteroatoms. The standard InChI is InChI=1S/C15H19NO4/c1-11-3-4-12(9-13(11)17)14(18)16-6-2-5-15(10-16)19-7-8-20-15/h3-4,9,17H,2,5-8,10H2,1H3. The summed E-state index contributed by atoms with van der Waals surface area (Å²) >= 11 is 0. The molecule has 1 aromatic carbocycles. The van der Waals surface area contributed by atoms with Crippen molar-refractivity contribution in [2.75, 3.05) is 26.3 Å². The molecule has 3 rings (SSSR count). The number of aromatic hydroxyl groups is 1. The third kappa shape index (κ3) is 2.39. The number of hydrogen-bond acceptors (Lipinski definition) is 4. The number of hydrogen-bond donors (Lipinski definition) is 1. The van der Waals surface area contributed by atoms with E-state index in [0.29, 0.717) is 31.9 Å². The highest BCUT2D eigenvalue weighted by atomic mass is 16.7. The average molecular weight is 277 g/mol. The lowest BCUT2D eigenvalue weighted by molar-refractivity contribution is -0.183. The summed E-state index contributed by atoms with van der Waals surface area (Å²) in [5.41, 5.74) is 1.27. The molecule has 1 spiro atoms. The maximum atomic E-state index is 12.5. The largest absolute Gasteiger partial charge is 0.508 e. The van der Waals surface area contributed by atoms with Crippen LogP contribution in [0.15, 0.2) is 18.2 Å². The minimum absolute atomic E-state index is 0.0847. The zero-order chi connectivity index (χ0) is 14.2. The molecule has 108 valence electrons. The summed E-state index contributed by atoms with van der Waals surface area (Å²) < 4.78 is 11.4. The molecule has 20 heavy (non-hydrogen) atoms. The molecule has 1 amide bonds. The van der Waals surface area contributed by atoms with Crippen molar-refractivity contribution in [3.8, 4) is 5.75 Å². The zero-order valence-corrected chi connectivity index (χ0v) is 11.6. The number of carbonyl (C=O) groups is 1. The lowest BCUT2D eigenvalue weighted by Crippen LogP contribution is -2.51. The van der Waals surface area contributed by atoms with E-state index in [0.717, 1.165) is 18.4 Å². The smallest absolute Gasteiger partial charge is 0.254 e. The number of benzene rings is 1. The van der Waals surface area contributed by atoms with Crippen molar-refractivity contribution >= 4 is 5.91 Å². The Kier molecular flexibility index (Phi) is 3.40. The Morgan fingerprint density at radius 1 is 1.35 bits per heavy atom. The molecule has 0 bridgehead atoms. The highest BCUT2D eigenvalue weighted by Gasteiger charge is 2.42. The monoisotopic (exact) mass is 277 g/mol. The first kappa shape index (κ1) is 13.4. The normalized spacial score (nSPS) is 21.4. The molecule has 2 heterocycles. The molecule has 0 radical (unpaired) electrons. The van der Waals surface area contributed by atoms with E-state index >= 15 is 0 Å². The summed E-state index contributed by atoms with van der Waals surface area (Å²) in [6.07, 6.45) is 1.69. The molecule has 2 fully saturated rings. The van der Waals surface area contributed by atoms with Gasteiger partial charge in [-0.05, 0) is 31.0 Å². The van der Waals surface area contributed by atoms with Gasteiger partial charge in [0.05, 0.1) is 19.8 Å². The lowest BCUT2D eigenvalue weighted by atomic mass is 10.0. The van der Waals surface area contributed by atoms with Gasteiger partial charge in [-0.25, -0.2) is 0 Å². The van der Waals surface area contributed by atoms with Crippen molar-refractivity contribution < 1.29 is 19.4 Å². The predicted molar refractivity (Wildman–Crippen MR) is 72.6 cm³/mol. The van der Waals surface area contributed by atoms with Gasteiger partial charge >= 0.3 is 0 Å². The molecule has 2 aliphatic heterocycles. The summed E-state index contributed by atoms with van der Waals surface area (Å²) in [5.74, 6) is -0.546. The fourth-order valence-corrected chi connectivity index (χ4v) is 2.82. The van der Waals surface area contributed by atoms with E-state index in [9.17, 15) is 9.90 Å². The fraction of sp³-hybridized carbons (Fsp3) is 0.533. The first-order valence-electron chi connectivity index (χ1n) is 6.96. The maximum Gasteiger partial charge on any atom is 0.254 e. The SMILES string of the molecule is Cc1ccc(C(=O)N2CCCC3(C2)OCCO3)cc1O. The second kappa shape index (κ2) is 5.07. The molecular formula is C15H19NO4. The van der Waals surface area contributed by atoms with E-state index in [1.807, 2.05) is 0 Å². The molecule has 1 N–H and O–H groups in total. The molecule has 0 saturated carbocycles. The van der Waals surface area contributed by atoms with Crippen LogP contribution in [-0.4, -0.2) is 48.0 Å². The molecule has 2 saturated heterocycles. The van der Waals surface area contributed by atoms with E-state index in [2.05, 4.69) is 0 Å². The molecule has 0 unspecified atom stereocenters. The highest BCUT2D eigenvalue weighted by molar-refractivity contribution is 5.94. The van der Waals surface area contributed by atoms with E-state index < -0.39 is 5.79 Å². The predicted octanol–water partition coefficient (Wildman–Crippen LogP) is 1.68. The Morgan fingerprint density at radius 2 is 2.10 bits per heavy atom. The van der Waals surface area contributed by atoms with Crippen LogP contribution in [0.5, 0.6) is 5.75 Å². The van der Waals surface area contributed by atoms with Crippen LogP contribution in [0.3, 0.4) is 0 Å². The Morgan fingerprint density at radius 3 is 2.80 bits per heavy atom. The van der Waals surface area contributed by atoms with Crippen LogP contribution in [0.4, 0.5) is 0 Å². The van der Waals surface area contributed by atoms with Crippen molar-refractivity contribution in [3.63, 3.8) is 0 Å². The first-order chi connectivity index (χ1) is 9.60. The van der Waals surface area contributed by atoms with Crippen LogP contribution in [0.25, 0.3) is 0 Å². The van der Waals surface area contributed by atoms with E-state index in [-0.39, 0.29) is 11.7 Å². The van der Waals surface area contributed by atoms with E-state index in [1.54, 1.807) is 24.0 Å². The topological polar surface area (TPSA) is 59.0 Å². The third-order valence-corrected chi connectivity index (χ3v) is 3.97. The van der Waals surface area contributed by atoms with Gasteiger partial charge in [0, 0.05) is 18.5 Å². The van der Waals surface area contributed by atoms with Gasteiger partial charge in [-0.2, -0.15) is 0 Å². The summed E-state index contributed by atoms with van der Waals surface area (Å²) in [4.78, 5) is 14.3. The molecule has 0 aliphatic carbocycles. The lowest BCUT2D eigenvalue weighted by Gasteiger charge is -2.38. The van der Waals surface area contributed by atoms with Crippen LogP contribution in [0.2, 0.25) is 0 Å². The van der Waals surface area contributed by atoms with Crippen molar-refractivity contribution in [2.24, 2.45) is 0 Å². The second-order valence-corrected chi connectivity index (χ2v) is 5.44. The van der Waals surface area contributed by atoms with E-state index in [4.69, 9.17) is 9.47 Å². The minimum Gasteiger partial charge on any atom is -0.508 e. The molecular weight excluding hydrogens is 258 g/mol. The van der Waals surface area contributed by atoms with Gasteiger partial charge < -0.3 is 19.5 Å². The van der Waals surface area contributed by atoms with Gasteiger partial charge in [-0.1, -0.05) is 6.07 Å². The number of likely N-dealkylation sites (tertiary alicyclic amines) is 1. The number of phenolic OH excluding ortho intramolecular Hbond substituents is 1. The van der Waals surface area contributed by atoms with Crippen LogP contribution in [0.1, 0.15) is 28.8 Å². The number of nitrogens with zero attached hydrogens (tertiary/aromatic N) is 1. The van der Waals surface area contributed by atoms with Gasteiger partial charge in [0.2, 0.25) is 0 Å². The quantitative estimate of drug-likeness (QED) is 0.848. The van der Waals surface area contributed by atoms with Gasteiger partial charge in [0.25, 0.3) is 5.91 Å². The number of phenols is 1. The zero-order valence-electron chi connectivity index (χ0n) is 11.6. The number of ether oxygens (including phenoxy) is 2. The van der Waals surface area contributed by atoms with Crippen molar-refractivity contribution in [1.82, 2.24) is 4.90 Å². The Bertz CT molecular complexity index is 523. The second-order valence-electron chi connectivity index (χ2n) is 5.44. The summed E-state index contributed by atoms with van der Waals surface area (Å²) in [7, 11) is 0. The van der Waals surface area contributed by atoms with Gasteiger partial charge in [-0.15, -0.1) is 0 Å². The molecule has 5 nitrogen and oxygen atoms in total. The van der Waals surface area contributed by atoms with E-state index in [1.165, 1.54) is 6.07 Å².